The maximum Gasteiger partial charge on any atom is 0.203 e. The Balaban J connectivity index is 1.51. The molecular formula is C14H23N3. The second-order valence-corrected chi connectivity index (χ2v) is 5.90. The van der Waals surface area contributed by atoms with Crippen molar-refractivity contribution in [2.24, 2.45) is 11.8 Å². The second-order valence-electron chi connectivity index (χ2n) is 5.90. The van der Waals surface area contributed by atoms with E-state index in [1.807, 2.05) is 6.20 Å². The van der Waals surface area contributed by atoms with E-state index in [0.717, 1.165) is 30.4 Å². The fourth-order valence-corrected chi connectivity index (χ4v) is 2.87. The molecule has 0 atom stereocenters. The third kappa shape index (κ3) is 2.64. The first-order valence-corrected chi connectivity index (χ1v) is 7.09. The van der Waals surface area contributed by atoms with Gasteiger partial charge in [0, 0.05) is 25.0 Å². The Morgan fingerprint density at radius 2 is 2.00 bits per heavy atom. The first kappa shape index (κ1) is 11.1. The molecule has 2 fully saturated rings. The predicted molar refractivity (Wildman–Crippen MR) is 70.1 cm³/mol. The molecule has 0 unspecified atom stereocenters. The minimum atomic E-state index is 0.728. The molecule has 0 radical (unpaired) electrons. The number of aromatic nitrogens is 2. The van der Waals surface area contributed by atoms with E-state index in [1.165, 1.54) is 38.5 Å². The van der Waals surface area contributed by atoms with Crippen molar-refractivity contribution >= 4 is 5.95 Å². The highest BCUT2D eigenvalue weighted by Gasteiger charge is 2.25. The van der Waals surface area contributed by atoms with E-state index in [0.29, 0.717) is 0 Å². The first-order valence-electron chi connectivity index (χ1n) is 7.09. The van der Waals surface area contributed by atoms with Gasteiger partial charge < -0.3 is 9.88 Å². The summed E-state index contributed by atoms with van der Waals surface area (Å²) in [5.74, 6) is 2.89. The van der Waals surface area contributed by atoms with E-state index in [4.69, 9.17) is 0 Å². The molecule has 1 N–H and O–H groups in total. The number of hydrogen-bond donors (Lipinski definition) is 1. The molecule has 0 aromatic carbocycles. The molecule has 3 rings (SSSR count). The Labute approximate surface area is 104 Å². The maximum absolute atomic E-state index is 4.43. The topological polar surface area (TPSA) is 29.9 Å². The predicted octanol–water partition coefficient (Wildman–Crippen LogP) is 3.46. The molecule has 0 aliphatic heterocycles. The number of imidazole rings is 1. The minimum Gasteiger partial charge on any atom is -0.355 e. The Kier molecular flexibility index (Phi) is 3.08. The number of nitrogens with one attached hydrogen (secondary N) is 1. The molecule has 2 saturated carbocycles. The largest absolute Gasteiger partial charge is 0.355 e. The number of rotatable bonds is 4. The van der Waals surface area contributed by atoms with Gasteiger partial charge in [-0.3, -0.25) is 0 Å². The van der Waals surface area contributed by atoms with Crippen LogP contribution in [0.2, 0.25) is 0 Å². The lowest BCUT2D eigenvalue weighted by atomic mass is 9.83. The zero-order chi connectivity index (χ0) is 11.7. The number of anilines is 1. The molecule has 1 heterocycles. The summed E-state index contributed by atoms with van der Waals surface area (Å²) in [5, 5.41) is 3.55. The molecule has 17 heavy (non-hydrogen) atoms. The molecule has 0 saturated heterocycles. The van der Waals surface area contributed by atoms with Crippen LogP contribution in [0.3, 0.4) is 0 Å². The lowest BCUT2D eigenvalue weighted by Crippen LogP contribution is -2.21. The fourth-order valence-electron chi connectivity index (χ4n) is 2.87. The van der Waals surface area contributed by atoms with Gasteiger partial charge in [0.1, 0.15) is 0 Å². The van der Waals surface area contributed by atoms with Gasteiger partial charge in [-0.25, -0.2) is 4.98 Å². The monoisotopic (exact) mass is 233 g/mol. The van der Waals surface area contributed by atoms with Crippen LogP contribution in [0.4, 0.5) is 5.95 Å². The molecular weight excluding hydrogens is 210 g/mol. The van der Waals surface area contributed by atoms with Crippen molar-refractivity contribution in [3.8, 4) is 0 Å². The molecule has 0 spiro atoms. The molecule has 0 amide bonds. The van der Waals surface area contributed by atoms with E-state index < -0.39 is 0 Å². The molecule has 0 bridgehead atoms. The highest BCUT2D eigenvalue weighted by atomic mass is 15.2. The summed E-state index contributed by atoms with van der Waals surface area (Å²) in [5.41, 5.74) is 0. The van der Waals surface area contributed by atoms with Gasteiger partial charge in [0.05, 0.1) is 0 Å². The standard InChI is InChI=1S/C14H23N3/c1-11-2-4-12(5-3-11)10-16-14-15-8-9-17(14)13-6-7-13/h8-9,11-13H,2-7,10H2,1H3,(H,15,16). The normalized spacial score (nSPS) is 29.2. The highest BCUT2D eigenvalue weighted by molar-refractivity contribution is 5.27. The molecule has 3 heteroatoms. The van der Waals surface area contributed by atoms with E-state index >= 15 is 0 Å². The van der Waals surface area contributed by atoms with Crippen LogP contribution in [0.1, 0.15) is 51.5 Å². The van der Waals surface area contributed by atoms with Gasteiger partial charge in [-0.2, -0.15) is 0 Å². The Morgan fingerprint density at radius 1 is 1.24 bits per heavy atom. The van der Waals surface area contributed by atoms with Gasteiger partial charge in [0.25, 0.3) is 0 Å². The first-order chi connectivity index (χ1) is 8.33. The smallest absolute Gasteiger partial charge is 0.203 e. The van der Waals surface area contributed by atoms with Crippen molar-refractivity contribution in [3.63, 3.8) is 0 Å². The van der Waals surface area contributed by atoms with Crippen LogP contribution in [0.25, 0.3) is 0 Å². The van der Waals surface area contributed by atoms with Crippen molar-refractivity contribution < 1.29 is 0 Å². The molecule has 94 valence electrons. The average Bonchev–Trinajstić information content (AvgIpc) is 3.08. The van der Waals surface area contributed by atoms with Gasteiger partial charge in [0.2, 0.25) is 5.95 Å². The SMILES string of the molecule is CC1CCC(CNc2nccn2C2CC2)CC1. The highest BCUT2D eigenvalue weighted by Crippen LogP contribution is 2.37. The zero-order valence-corrected chi connectivity index (χ0v) is 10.7. The third-order valence-corrected chi connectivity index (χ3v) is 4.29. The van der Waals surface area contributed by atoms with Gasteiger partial charge in [-0.15, -0.1) is 0 Å². The Hall–Kier alpha value is -0.990. The molecule has 2 aliphatic rings. The number of hydrogen-bond acceptors (Lipinski definition) is 2. The third-order valence-electron chi connectivity index (χ3n) is 4.29. The van der Waals surface area contributed by atoms with Crippen LogP contribution in [0.15, 0.2) is 12.4 Å². The van der Waals surface area contributed by atoms with E-state index in [-0.39, 0.29) is 0 Å². The van der Waals surface area contributed by atoms with Gasteiger partial charge >= 0.3 is 0 Å². The second kappa shape index (κ2) is 4.71. The summed E-state index contributed by atoms with van der Waals surface area (Å²) in [4.78, 5) is 4.43. The summed E-state index contributed by atoms with van der Waals surface area (Å²) >= 11 is 0. The van der Waals surface area contributed by atoms with Crippen molar-refractivity contribution in [2.45, 2.75) is 51.5 Å². The van der Waals surface area contributed by atoms with Crippen LogP contribution in [0.5, 0.6) is 0 Å². The lowest BCUT2D eigenvalue weighted by Gasteiger charge is -2.26. The number of nitrogens with zero attached hydrogens (tertiary/aromatic N) is 2. The van der Waals surface area contributed by atoms with E-state index in [1.54, 1.807) is 0 Å². The summed E-state index contributed by atoms with van der Waals surface area (Å²) in [6, 6.07) is 0.728. The molecule has 2 aliphatic carbocycles. The van der Waals surface area contributed by atoms with Crippen molar-refractivity contribution in [2.75, 3.05) is 11.9 Å². The quantitative estimate of drug-likeness (QED) is 0.863. The Morgan fingerprint density at radius 3 is 2.71 bits per heavy atom. The molecule has 3 nitrogen and oxygen atoms in total. The van der Waals surface area contributed by atoms with Crippen LogP contribution < -0.4 is 5.32 Å². The van der Waals surface area contributed by atoms with Crippen LogP contribution in [-0.4, -0.2) is 16.1 Å². The maximum atomic E-state index is 4.43. The minimum absolute atomic E-state index is 0.728. The summed E-state index contributed by atoms with van der Waals surface area (Å²) in [6.07, 6.45) is 12.3. The van der Waals surface area contributed by atoms with Crippen molar-refractivity contribution in [3.05, 3.63) is 12.4 Å². The van der Waals surface area contributed by atoms with Crippen molar-refractivity contribution in [1.29, 1.82) is 0 Å². The van der Waals surface area contributed by atoms with E-state index in [2.05, 4.69) is 28.0 Å². The van der Waals surface area contributed by atoms with Crippen molar-refractivity contribution in [1.82, 2.24) is 9.55 Å². The fraction of sp³-hybridized carbons (Fsp3) is 0.786. The Bertz CT molecular complexity index is 359. The molecule has 1 aromatic rings. The zero-order valence-electron chi connectivity index (χ0n) is 10.7. The molecule has 1 aromatic heterocycles. The van der Waals surface area contributed by atoms with E-state index in [9.17, 15) is 0 Å². The van der Waals surface area contributed by atoms with Gasteiger partial charge in [-0.1, -0.05) is 19.8 Å². The summed E-state index contributed by atoms with van der Waals surface area (Å²) in [6.45, 7) is 3.49. The lowest BCUT2D eigenvalue weighted by molar-refractivity contribution is 0.300. The van der Waals surface area contributed by atoms with Gasteiger partial charge in [0.15, 0.2) is 0 Å². The summed E-state index contributed by atoms with van der Waals surface area (Å²) < 4.78 is 2.31. The van der Waals surface area contributed by atoms with Crippen LogP contribution in [-0.2, 0) is 0 Å². The van der Waals surface area contributed by atoms with Gasteiger partial charge in [-0.05, 0) is 37.5 Å². The average molecular weight is 233 g/mol. The summed E-state index contributed by atoms with van der Waals surface area (Å²) in [7, 11) is 0. The van der Waals surface area contributed by atoms with Crippen LogP contribution >= 0.6 is 0 Å². The van der Waals surface area contributed by atoms with Crippen LogP contribution in [0, 0.1) is 11.8 Å².